The summed E-state index contributed by atoms with van der Waals surface area (Å²) in [4.78, 5) is 28.4. The Hall–Kier alpha value is -6.48. The standard InChI is InChI=1S/C46H45NO8/c1-6-52-45(48)41-42(46(49)53-7-2)44(36-23-25-38(40(27-36)51-5)55-30-34-16-12-9-13-17-34)47(28-32-20-18-31(3)19-21-32)43(41)35-22-24-37(39(26-35)50-4)54-29-33-14-10-8-11-15-33/h8-27H,6-7,28-30H2,1-5H3. The van der Waals surface area contributed by atoms with Crippen molar-refractivity contribution in [2.24, 2.45) is 0 Å². The Labute approximate surface area is 322 Å². The van der Waals surface area contributed by atoms with E-state index in [0.717, 1.165) is 22.3 Å². The fourth-order valence-corrected chi connectivity index (χ4v) is 6.40. The Kier molecular flexibility index (Phi) is 12.5. The Morgan fingerprint density at radius 2 is 0.964 bits per heavy atom. The van der Waals surface area contributed by atoms with Crippen molar-refractivity contribution >= 4 is 11.9 Å². The van der Waals surface area contributed by atoms with Crippen LogP contribution in [0.3, 0.4) is 0 Å². The fourth-order valence-electron chi connectivity index (χ4n) is 6.40. The normalized spacial score (nSPS) is 10.8. The summed E-state index contributed by atoms with van der Waals surface area (Å²) in [5.41, 5.74) is 6.30. The number of carbonyl (C=O) groups excluding carboxylic acids is 2. The second-order valence-corrected chi connectivity index (χ2v) is 12.7. The van der Waals surface area contributed by atoms with Crippen molar-refractivity contribution < 1.29 is 38.0 Å². The van der Waals surface area contributed by atoms with Crippen LogP contribution in [-0.2, 0) is 29.2 Å². The van der Waals surface area contributed by atoms with Crippen LogP contribution in [0.15, 0.2) is 121 Å². The van der Waals surface area contributed by atoms with Crippen molar-refractivity contribution in [1.29, 1.82) is 0 Å². The summed E-state index contributed by atoms with van der Waals surface area (Å²) in [6, 6.07) is 38.7. The van der Waals surface area contributed by atoms with E-state index in [9.17, 15) is 9.59 Å². The molecular weight excluding hydrogens is 695 g/mol. The zero-order valence-electron chi connectivity index (χ0n) is 31.8. The molecule has 0 unspecified atom stereocenters. The summed E-state index contributed by atoms with van der Waals surface area (Å²) in [5.74, 6) is 0.613. The average molecular weight is 740 g/mol. The first-order valence-corrected chi connectivity index (χ1v) is 18.2. The highest BCUT2D eigenvalue weighted by molar-refractivity contribution is 6.12. The third-order valence-corrected chi connectivity index (χ3v) is 9.03. The van der Waals surface area contributed by atoms with Gasteiger partial charge >= 0.3 is 11.9 Å². The van der Waals surface area contributed by atoms with Gasteiger partial charge in [-0.3, -0.25) is 0 Å². The van der Waals surface area contributed by atoms with Gasteiger partial charge < -0.3 is 33.0 Å². The number of hydrogen-bond acceptors (Lipinski definition) is 8. The number of hydrogen-bond donors (Lipinski definition) is 0. The van der Waals surface area contributed by atoms with Gasteiger partial charge in [0.15, 0.2) is 23.0 Å². The van der Waals surface area contributed by atoms with Gasteiger partial charge in [-0.15, -0.1) is 0 Å². The fraction of sp³-hybridized carbons (Fsp3) is 0.217. The maximum atomic E-state index is 14.2. The molecule has 0 atom stereocenters. The first-order chi connectivity index (χ1) is 26.8. The second kappa shape index (κ2) is 18.0. The summed E-state index contributed by atoms with van der Waals surface area (Å²) >= 11 is 0. The van der Waals surface area contributed by atoms with E-state index in [0.29, 0.717) is 65.3 Å². The zero-order chi connectivity index (χ0) is 38.7. The first-order valence-electron chi connectivity index (χ1n) is 18.2. The van der Waals surface area contributed by atoms with Crippen LogP contribution in [0, 0.1) is 6.92 Å². The van der Waals surface area contributed by atoms with Crippen molar-refractivity contribution in [2.75, 3.05) is 27.4 Å². The zero-order valence-corrected chi connectivity index (χ0v) is 31.8. The third kappa shape index (κ3) is 8.84. The summed E-state index contributed by atoms with van der Waals surface area (Å²) in [6.45, 7) is 6.62. The van der Waals surface area contributed by atoms with E-state index < -0.39 is 11.9 Å². The molecule has 6 aromatic rings. The lowest BCUT2D eigenvalue weighted by molar-refractivity contribution is 0.0481. The van der Waals surface area contributed by atoms with E-state index in [1.165, 1.54) is 0 Å². The lowest BCUT2D eigenvalue weighted by Crippen LogP contribution is -2.14. The molecule has 0 aliphatic carbocycles. The van der Waals surface area contributed by atoms with Crippen molar-refractivity contribution in [1.82, 2.24) is 4.57 Å². The van der Waals surface area contributed by atoms with E-state index in [2.05, 4.69) is 0 Å². The second-order valence-electron chi connectivity index (χ2n) is 12.7. The Bertz CT molecular complexity index is 2090. The van der Waals surface area contributed by atoms with Gasteiger partial charge in [0.25, 0.3) is 0 Å². The van der Waals surface area contributed by atoms with Crippen molar-refractivity contribution in [3.05, 3.63) is 155 Å². The largest absolute Gasteiger partial charge is 0.493 e. The van der Waals surface area contributed by atoms with Crippen LogP contribution in [-0.4, -0.2) is 43.9 Å². The van der Waals surface area contributed by atoms with Crippen molar-refractivity contribution in [3.63, 3.8) is 0 Å². The number of esters is 2. The molecule has 9 heteroatoms. The molecule has 0 saturated heterocycles. The van der Waals surface area contributed by atoms with Gasteiger partial charge in [0.2, 0.25) is 0 Å². The van der Waals surface area contributed by atoms with Gasteiger partial charge in [-0.05, 0) is 73.9 Å². The number of ether oxygens (including phenoxy) is 6. The molecule has 55 heavy (non-hydrogen) atoms. The van der Waals surface area contributed by atoms with Crippen molar-refractivity contribution in [2.45, 2.75) is 40.5 Å². The molecule has 282 valence electrons. The minimum Gasteiger partial charge on any atom is -0.493 e. The predicted molar refractivity (Wildman–Crippen MR) is 212 cm³/mol. The minimum absolute atomic E-state index is 0.0748. The van der Waals surface area contributed by atoms with Crippen LogP contribution in [0.4, 0.5) is 0 Å². The van der Waals surface area contributed by atoms with E-state index in [1.54, 1.807) is 40.2 Å². The average Bonchev–Trinajstić information content (AvgIpc) is 3.55. The summed E-state index contributed by atoms with van der Waals surface area (Å²) in [7, 11) is 3.13. The molecule has 1 heterocycles. The molecule has 0 radical (unpaired) electrons. The van der Waals surface area contributed by atoms with Gasteiger partial charge in [-0.25, -0.2) is 9.59 Å². The van der Waals surface area contributed by atoms with E-state index >= 15 is 0 Å². The molecule has 0 bridgehead atoms. The first kappa shape index (κ1) is 38.3. The van der Waals surface area contributed by atoms with E-state index in [-0.39, 0.29) is 24.3 Å². The number of benzene rings is 5. The van der Waals surface area contributed by atoms with Crippen LogP contribution in [0.5, 0.6) is 23.0 Å². The van der Waals surface area contributed by atoms with Crippen LogP contribution >= 0.6 is 0 Å². The summed E-state index contributed by atoms with van der Waals surface area (Å²) < 4.78 is 37.4. The minimum atomic E-state index is -0.664. The topological polar surface area (TPSA) is 94.5 Å². The molecule has 0 spiro atoms. The highest BCUT2D eigenvalue weighted by atomic mass is 16.5. The van der Waals surface area contributed by atoms with E-state index in [4.69, 9.17) is 28.4 Å². The van der Waals surface area contributed by atoms with Gasteiger partial charge in [-0.2, -0.15) is 0 Å². The number of methoxy groups -OCH3 is 2. The lowest BCUT2D eigenvalue weighted by Gasteiger charge is -2.18. The van der Waals surface area contributed by atoms with Gasteiger partial charge in [0, 0.05) is 17.7 Å². The van der Waals surface area contributed by atoms with Gasteiger partial charge in [0.05, 0.1) is 38.8 Å². The number of rotatable bonds is 16. The number of carbonyl (C=O) groups is 2. The van der Waals surface area contributed by atoms with Gasteiger partial charge in [0.1, 0.15) is 24.3 Å². The van der Waals surface area contributed by atoms with Crippen LogP contribution in [0.25, 0.3) is 22.5 Å². The number of aryl methyl sites for hydroxylation is 1. The molecule has 0 amide bonds. The number of aromatic nitrogens is 1. The van der Waals surface area contributed by atoms with Crippen LogP contribution in [0.1, 0.15) is 56.8 Å². The molecule has 0 aliphatic heterocycles. The SMILES string of the molecule is CCOC(=O)c1c(C(=O)OCC)c(-c2ccc(OCc3ccccc3)c(OC)c2)n(Cc2ccc(C)cc2)c1-c1ccc(OCc2ccccc2)c(OC)c1. The summed E-state index contributed by atoms with van der Waals surface area (Å²) in [6.07, 6.45) is 0. The highest BCUT2D eigenvalue weighted by Gasteiger charge is 2.35. The molecule has 0 aliphatic rings. The Morgan fingerprint density at radius 1 is 0.527 bits per heavy atom. The third-order valence-electron chi connectivity index (χ3n) is 9.03. The molecule has 0 saturated carbocycles. The van der Waals surface area contributed by atoms with Gasteiger partial charge in [-0.1, -0.05) is 90.5 Å². The molecule has 9 nitrogen and oxygen atoms in total. The monoisotopic (exact) mass is 739 g/mol. The Balaban J connectivity index is 1.58. The molecule has 0 fully saturated rings. The molecular formula is C46H45NO8. The molecule has 5 aromatic carbocycles. The maximum Gasteiger partial charge on any atom is 0.341 e. The highest BCUT2D eigenvalue weighted by Crippen LogP contribution is 2.44. The molecule has 0 N–H and O–H groups in total. The summed E-state index contributed by atoms with van der Waals surface area (Å²) in [5, 5.41) is 0. The van der Waals surface area contributed by atoms with Crippen molar-refractivity contribution in [3.8, 4) is 45.5 Å². The molecule has 6 rings (SSSR count). The lowest BCUT2D eigenvalue weighted by atomic mass is 10.0. The van der Waals surface area contributed by atoms with E-state index in [1.807, 2.05) is 121 Å². The smallest absolute Gasteiger partial charge is 0.341 e. The Morgan fingerprint density at radius 3 is 1.36 bits per heavy atom. The predicted octanol–water partition coefficient (Wildman–Crippen LogP) is 9.71. The molecule has 1 aromatic heterocycles. The quantitative estimate of drug-likeness (QED) is 0.0907. The number of nitrogens with zero attached hydrogens (tertiary/aromatic N) is 1. The van der Waals surface area contributed by atoms with Crippen LogP contribution < -0.4 is 18.9 Å². The van der Waals surface area contributed by atoms with Crippen LogP contribution in [0.2, 0.25) is 0 Å². The maximum absolute atomic E-state index is 14.2.